The third-order valence-electron chi connectivity index (χ3n) is 5.31. The van der Waals surface area contributed by atoms with Crippen molar-refractivity contribution in [1.82, 2.24) is 5.32 Å². The Morgan fingerprint density at radius 3 is 2.21 bits per heavy atom. The first-order valence-corrected chi connectivity index (χ1v) is 10.1. The summed E-state index contributed by atoms with van der Waals surface area (Å²) in [5, 5.41) is 5.76. The Hall–Kier alpha value is -2.89. The molecule has 2 amide bonds. The van der Waals surface area contributed by atoms with E-state index in [1.165, 1.54) is 6.07 Å². The highest BCUT2D eigenvalue weighted by molar-refractivity contribution is 5.92. The Kier molecular flexibility index (Phi) is 7.22. The standard InChI is InChI=1S/C23H27FN2O3/c1-2-29-20-13-11-19(12-14-20)26-23(28)17-9-7-16(8-10-17)22(27)25-15-18-5-3-4-6-21(18)24/h3-6,11-14,16-17H,2,7-10,15H2,1H3,(H,25,27)(H,26,28). The number of rotatable bonds is 7. The van der Waals surface area contributed by atoms with Crippen molar-refractivity contribution in [1.29, 1.82) is 0 Å². The van der Waals surface area contributed by atoms with E-state index in [9.17, 15) is 14.0 Å². The van der Waals surface area contributed by atoms with Crippen molar-refractivity contribution >= 4 is 17.5 Å². The summed E-state index contributed by atoms with van der Waals surface area (Å²) in [4.78, 5) is 24.9. The Balaban J connectivity index is 1.43. The molecule has 0 atom stereocenters. The van der Waals surface area contributed by atoms with Crippen molar-refractivity contribution in [2.75, 3.05) is 11.9 Å². The molecule has 29 heavy (non-hydrogen) atoms. The highest BCUT2D eigenvalue weighted by Crippen LogP contribution is 2.30. The largest absolute Gasteiger partial charge is 0.494 e. The molecule has 1 aliphatic rings. The molecule has 154 valence electrons. The predicted octanol–water partition coefficient (Wildman–Crippen LogP) is 4.29. The quantitative estimate of drug-likeness (QED) is 0.731. The Bertz CT molecular complexity index is 830. The highest BCUT2D eigenvalue weighted by Gasteiger charge is 2.30. The van der Waals surface area contributed by atoms with Crippen LogP contribution in [0.25, 0.3) is 0 Å². The van der Waals surface area contributed by atoms with Crippen LogP contribution < -0.4 is 15.4 Å². The average Bonchev–Trinajstić information content (AvgIpc) is 2.74. The first-order chi connectivity index (χ1) is 14.1. The third-order valence-corrected chi connectivity index (χ3v) is 5.31. The van der Waals surface area contributed by atoms with E-state index in [1.807, 2.05) is 31.2 Å². The second-order valence-electron chi connectivity index (χ2n) is 7.30. The van der Waals surface area contributed by atoms with E-state index < -0.39 is 0 Å². The lowest BCUT2D eigenvalue weighted by molar-refractivity contribution is -0.128. The minimum Gasteiger partial charge on any atom is -0.494 e. The minimum absolute atomic E-state index is 0.0145. The van der Waals surface area contributed by atoms with Gasteiger partial charge in [-0.3, -0.25) is 9.59 Å². The monoisotopic (exact) mass is 398 g/mol. The van der Waals surface area contributed by atoms with E-state index >= 15 is 0 Å². The van der Waals surface area contributed by atoms with Gasteiger partial charge in [0.2, 0.25) is 11.8 Å². The van der Waals surface area contributed by atoms with Gasteiger partial charge in [-0.1, -0.05) is 18.2 Å². The summed E-state index contributed by atoms with van der Waals surface area (Å²) >= 11 is 0. The molecule has 1 saturated carbocycles. The molecule has 0 saturated heterocycles. The van der Waals surface area contributed by atoms with Crippen LogP contribution in [0.2, 0.25) is 0 Å². The highest BCUT2D eigenvalue weighted by atomic mass is 19.1. The molecule has 5 nitrogen and oxygen atoms in total. The van der Waals surface area contributed by atoms with Gasteiger partial charge in [0.15, 0.2) is 0 Å². The number of anilines is 1. The van der Waals surface area contributed by atoms with Crippen molar-refractivity contribution < 1.29 is 18.7 Å². The van der Waals surface area contributed by atoms with Gasteiger partial charge in [-0.05, 0) is 62.9 Å². The molecular weight excluding hydrogens is 371 g/mol. The summed E-state index contributed by atoms with van der Waals surface area (Å²) in [6.45, 7) is 2.71. The fraction of sp³-hybridized carbons (Fsp3) is 0.391. The van der Waals surface area contributed by atoms with Crippen molar-refractivity contribution in [3.63, 3.8) is 0 Å². The number of amides is 2. The Morgan fingerprint density at radius 2 is 1.59 bits per heavy atom. The molecule has 0 unspecified atom stereocenters. The summed E-state index contributed by atoms with van der Waals surface area (Å²) in [5.41, 5.74) is 1.22. The van der Waals surface area contributed by atoms with Crippen LogP contribution in [-0.4, -0.2) is 18.4 Å². The van der Waals surface area contributed by atoms with Gasteiger partial charge in [0, 0.05) is 29.6 Å². The molecule has 0 radical (unpaired) electrons. The maximum absolute atomic E-state index is 13.7. The van der Waals surface area contributed by atoms with Gasteiger partial charge < -0.3 is 15.4 Å². The number of hydrogen-bond acceptors (Lipinski definition) is 3. The molecule has 0 spiro atoms. The normalized spacial score (nSPS) is 18.7. The number of halogens is 1. The van der Waals surface area contributed by atoms with Gasteiger partial charge >= 0.3 is 0 Å². The second kappa shape index (κ2) is 10.0. The fourth-order valence-corrected chi connectivity index (χ4v) is 3.63. The Morgan fingerprint density at radius 1 is 0.966 bits per heavy atom. The van der Waals surface area contributed by atoms with Crippen molar-refractivity contribution in [3.8, 4) is 5.75 Å². The summed E-state index contributed by atoms with van der Waals surface area (Å²) in [6, 6.07) is 13.7. The molecule has 6 heteroatoms. The van der Waals surface area contributed by atoms with E-state index in [0.29, 0.717) is 37.9 Å². The van der Waals surface area contributed by atoms with Crippen LogP contribution in [0, 0.1) is 17.7 Å². The molecular formula is C23H27FN2O3. The molecule has 2 aromatic rings. The smallest absolute Gasteiger partial charge is 0.227 e. The topological polar surface area (TPSA) is 67.4 Å². The maximum Gasteiger partial charge on any atom is 0.227 e. The Labute approximate surface area is 170 Å². The molecule has 3 rings (SSSR count). The first kappa shape index (κ1) is 20.8. The van der Waals surface area contributed by atoms with Crippen LogP contribution in [0.3, 0.4) is 0 Å². The van der Waals surface area contributed by atoms with Gasteiger partial charge in [0.25, 0.3) is 0 Å². The van der Waals surface area contributed by atoms with Crippen LogP contribution in [0.4, 0.5) is 10.1 Å². The molecule has 1 fully saturated rings. The van der Waals surface area contributed by atoms with E-state index in [0.717, 1.165) is 11.4 Å². The van der Waals surface area contributed by atoms with Crippen LogP contribution in [0.1, 0.15) is 38.2 Å². The van der Waals surface area contributed by atoms with Gasteiger partial charge in [-0.2, -0.15) is 0 Å². The predicted molar refractivity (Wildman–Crippen MR) is 110 cm³/mol. The number of hydrogen-bond donors (Lipinski definition) is 2. The number of ether oxygens (including phenoxy) is 1. The first-order valence-electron chi connectivity index (χ1n) is 10.1. The lowest BCUT2D eigenvalue weighted by atomic mass is 9.81. The zero-order chi connectivity index (χ0) is 20.6. The molecule has 0 aliphatic heterocycles. The zero-order valence-corrected chi connectivity index (χ0v) is 16.6. The number of carbonyl (C=O) groups is 2. The van der Waals surface area contributed by atoms with E-state index in [2.05, 4.69) is 10.6 Å². The molecule has 0 heterocycles. The number of nitrogens with one attached hydrogen (secondary N) is 2. The van der Waals surface area contributed by atoms with Gasteiger partial charge in [-0.15, -0.1) is 0 Å². The molecule has 2 N–H and O–H groups in total. The summed E-state index contributed by atoms with van der Waals surface area (Å²) in [5.74, 6) is 0.140. The zero-order valence-electron chi connectivity index (χ0n) is 16.6. The maximum atomic E-state index is 13.7. The van der Waals surface area contributed by atoms with Crippen LogP contribution in [0.5, 0.6) is 5.75 Å². The average molecular weight is 398 g/mol. The van der Waals surface area contributed by atoms with E-state index in [-0.39, 0.29) is 36.0 Å². The fourth-order valence-electron chi connectivity index (χ4n) is 3.63. The molecule has 1 aliphatic carbocycles. The lowest BCUT2D eigenvalue weighted by Gasteiger charge is -2.27. The summed E-state index contributed by atoms with van der Waals surface area (Å²) in [7, 11) is 0. The van der Waals surface area contributed by atoms with Gasteiger partial charge in [0.05, 0.1) is 6.61 Å². The van der Waals surface area contributed by atoms with Crippen molar-refractivity contribution in [3.05, 3.63) is 59.9 Å². The lowest BCUT2D eigenvalue weighted by Crippen LogP contribution is -2.35. The van der Waals surface area contributed by atoms with Gasteiger partial charge in [0.1, 0.15) is 11.6 Å². The summed E-state index contributed by atoms with van der Waals surface area (Å²) < 4.78 is 19.1. The van der Waals surface area contributed by atoms with E-state index in [1.54, 1.807) is 18.2 Å². The van der Waals surface area contributed by atoms with E-state index in [4.69, 9.17) is 4.74 Å². The van der Waals surface area contributed by atoms with Crippen LogP contribution in [-0.2, 0) is 16.1 Å². The van der Waals surface area contributed by atoms with Crippen LogP contribution in [0.15, 0.2) is 48.5 Å². The molecule has 0 bridgehead atoms. The van der Waals surface area contributed by atoms with Gasteiger partial charge in [-0.25, -0.2) is 4.39 Å². The number of benzene rings is 2. The van der Waals surface area contributed by atoms with Crippen LogP contribution >= 0.6 is 0 Å². The summed E-state index contributed by atoms with van der Waals surface area (Å²) in [6.07, 6.45) is 2.65. The van der Waals surface area contributed by atoms with Crippen molar-refractivity contribution in [2.24, 2.45) is 11.8 Å². The molecule has 0 aromatic heterocycles. The SMILES string of the molecule is CCOc1ccc(NC(=O)C2CCC(C(=O)NCc3ccccc3F)CC2)cc1. The minimum atomic E-state index is -0.317. The molecule has 2 aromatic carbocycles. The number of carbonyl (C=O) groups excluding carboxylic acids is 2. The third kappa shape index (κ3) is 5.79. The van der Waals surface area contributed by atoms with Crippen molar-refractivity contribution in [2.45, 2.75) is 39.2 Å². The second-order valence-corrected chi connectivity index (χ2v) is 7.30.